The molecule has 8 atom stereocenters. The molecule has 11 amide bonds. The summed E-state index contributed by atoms with van der Waals surface area (Å²) in [5.41, 5.74) is 30.3. The summed E-state index contributed by atoms with van der Waals surface area (Å²) in [5, 5.41) is 28.1. The average Bonchev–Trinajstić information content (AvgIpc) is 4.09. The molecule has 0 aliphatic carbocycles. The van der Waals surface area contributed by atoms with Crippen molar-refractivity contribution in [3.8, 4) is 5.75 Å². The summed E-state index contributed by atoms with van der Waals surface area (Å²) in [6.45, 7) is -0.552. The van der Waals surface area contributed by atoms with Gasteiger partial charge in [0.15, 0.2) is 5.96 Å². The summed E-state index contributed by atoms with van der Waals surface area (Å²) in [5.74, 6) is -8.92. The minimum atomic E-state index is -1.61. The van der Waals surface area contributed by atoms with E-state index >= 15 is 0 Å². The Kier molecular flexibility index (Phi) is 25.2. The summed E-state index contributed by atoms with van der Waals surface area (Å²) in [4.78, 5) is 157. The van der Waals surface area contributed by atoms with E-state index in [0.717, 1.165) is 9.80 Å². The summed E-state index contributed by atoms with van der Waals surface area (Å²) in [6.07, 6.45) is -0.323. The molecule has 2 aliphatic rings. The van der Waals surface area contributed by atoms with Gasteiger partial charge in [-0.2, -0.15) is 0 Å². The molecule has 3 aromatic carbocycles. The number of nitrogens with one attached hydrogen (secondary N) is 7. The largest absolute Gasteiger partial charge is 0.508 e. The molecule has 0 aromatic heterocycles. The molecule has 0 radical (unpaired) electrons. The molecule has 0 unspecified atom stereocenters. The van der Waals surface area contributed by atoms with Crippen LogP contribution in [0.4, 0.5) is 0 Å². The van der Waals surface area contributed by atoms with Crippen LogP contribution < -0.4 is 65.9 Å². The fourth-order valence-corrected chi connectivity index (χ4v) is 9.50. The number of guanidine groups is 1. The van der Waals surface area contributed by atoms with Gasteiger partial charge in [-0.1, -0.05) is 72.8 Å². The van der Waals surface area contributed by atoms with Gasteiger partial charge in [-0.05, 0) is 86.6 Å². The number of hydrogen-bond donors (Lipinski definition) is 13. The lowest BCUT2D eigenvalue weighted by Gasteiger charge is -2.32. The lowest BCUT2D eigenvalue weighted by molar-refractivity contribution is -0.145. The quantitative estimate of drug-likeness (QED) is 0.0250. The number of nitrogens with zero attached hydrogens (tertiary/aromatic N) is 3. The van der Waals surface area contributed by atoms with Crippen molar-refractivity contribution in [1.82, 2.24) is 47.0 Å². The number of primary amides is 2. The van der Waals surface area contributed by atoms with Crippen molar-refractivity contribution in [1.29, 1.82) is 0 Å². The minimum Gasteiger partial charge on any atom is -0.508 e. The molecule has 27 heteroatoms. The maximum absolute atomic E-state index is 14.8. The number of benzene rings is 3. The fraction of sp³-hybridized carbons (Fsp3) is 0.464. The van der Waals surface area contributed by atoms with Crippen LogP contribution >= 0.6 is 0 Å². The van der Waals surface area contributed by atoms with Crippen molar-refractivity contribution in [2.45, 2.75) is 132 Å². The number of likely N-dealkylation sites (tertiary alicyclic amines) is 1. The Hall–Kier alpha value is -9.14. The monoisotopic (exact) mass is 1150 g/mol. The molecule has 2 heterocycles. The predicted molar refractivity (Wildman–Crippen MR) is 303 cm³/mol. The van der Waals surface area contributed by atoms with Crippen molar-refractivity contribution in [3.05, 3.63) is 102 Å². The van der Waals surface area contributed by atoms with Crippen LogP contribution in [0, 0.1) is 0 Å². The number of carbonyl (C=O) groups is 11. The Morgan fingerprint density at radius 2 is 1.34 bits per heavy atom. The maximum Gasteiger partial charge on any atom is 0.246 e. The van der Waals surface area contributed by atoms with Crippen LogP contribution in [0.15, 0.2) is 89.9 Å². The molecule has 2 fully saturated rings. The predicted octanol–water partition coefficient (Wildman–Crippen LogP) is -3.40. The van der Waals surface area contributed by atoms with Crippen LogP contribution in [-0.4, -0.2) is 167 Å². The molecule has 27 nitrogen and oxygen atoms in total. The van der Waals surface area contributed by atoms with Crippen molar-refractivity contribution in [2.75, 3.05) is 33.2 Å². The highest BCUT2D eigenvalue weighted by Crippen LogP contribution is 2.21. The number of rotatable bonds is 23. The molecule has 18 N–H and O–H groups in total. The van der Waals surface area contributed by atoms with Gasteiger partial charge in [0, 0.05) is 45.9 Å². The van der Waals surface area contributed by atoms with E-state index in [4.69, 9.17) is 28.7 Å². The van der Waals surface area contributed by atoms with E-state index in [2.05, 4.69) is 42.2 Å². The van der Waals surface area contributed by atoms with E-state index in [9.17, 15) is 57.8 Å². The highest BCUT2D eigenvalue weighted by molar-refractivity contribution is 5.99. The Bertz CT molecular complexity index is 2780. The first kappa shape index (κ1) is 64.7. The zero-order valence-electron chi connectivity index (χ0n) is 46.4. The molecule has 2 aliphatic heterocycles. The minimum absolute atomic E-state index is 0.0256. The molecule has 0 spiro atoms. The Morgan fingerprint density at radius 1 is 0.711 bits per heavy atom. The number of amides is 11. The Labute approximate surface area is 480 Å². The number of hydrogen-bond acceptors (Lipinski definition) is 14. The summed E-state index contributed by atoms with van der Waals surface area (Å²) < 4.78 is 0. The third kappa shape index (κ3) is 21.0. The van der Waals surface area contributed by atoms with E-state index in [-0.39, 0.29) is 102 Å². The number of aromatic hydroxyl groups is 1. The normalized spacial score (nSPS) is 19.6. The second-order valence-electron chi connectivity index (χ2n) is 20.5. The smallest absolute Gasteiger partial charge is 0.246 e. The lowest BCUT2D eigenvalue weighted by atomic mass is 10.0. The van der Waals surface area contributed by atoms with Gasteiger partial charge in [-0.15, -0.1) is 0 Å². The summed E-state index contributed by atoms with van der Waals surface area (Å²) >= 11 is 0. The number of aliphatic imine (C=N–C) groups is 1. The SMILES string of the molecule is CN1C(=O)CNC(=O)[C@@H](NC(=O)[C@@H](N)Cc2ccc(O)cc2)CCCCNC(=O)C[C@H](C(=O)N2CCC[C@H]2C(=O)N[C@@H](CCC(N)=O)C(=O)N[C@@H](CCCN=C(N)N)C(=O)N[C@@H](Cc2ccccc2)C(N)=O)NC(=O)[C@@H]1Cc1ccccc1. The van der Waals surface area contributed by atoms with Crippen LogP contribution in [0.2, 0.25) is 0 Å². The highest BCUT2D eigenvalue weighted by Gasteiger charge is 2.41. The van der Waals surface area contributed by atoms with Crippen LogP contribution in [0.1, 0.15) is 80.9 Å². The fourth-order valence-electron chi connectivity index (χ4n) is 9.50. The average molecular weight is 1150 g/mol. The van der Waals surface area contributed by atoms with Gasteiger partial charge < -0.3 is 80.8 Å². The van der Waals surface area contributed by atoms with E-state index in [1.54, 1.807) is 72.8 Å². The second kappa shape index (κ2) is 32.3. The van der Waals surface area contributed by atoms with Gasteiger partial charge in [0.25, 0.3) is 0 Å². The number of phenolic OH excluding ortho intramolecular Hbond substituents is 1. The first-order chi connectivity index (χ1) is 39.6. The van der Waals surface area contributed by atoms with E-state index in [1.807, 2.05) is 0 Å². The molecular weight excluding hydrogens is 1070 g/mol. The molecule has 0 bridgehead atoms. The molecule has 83 heavy (non-hydrogen) atoms. The zero-order chi connectivity index (χ0) is 60.6. The summed E-state index contributed by atoms with van der Waals surface area (Å²) in [7, 11) is 1.33. The topological polar surface area (TPSA) is 441 Å². The van der Waals surface area contributed by atoms with Crippen molar-refractivity contribution in [3.63, 3.8) is 0 Å². The van der Waals surface area contributed by atoms with Gasteiger partial charge in [0.2, 0.25) is 65.0 Å². The number of nitrogens with two attached hydrogens (primary N) is 5. The first-order valence-electron chi connectivity index (χ1n) is 27.5. The highest BCUT2D eigenvalue weighted by atomic mass is 16.3. The van der Waals surface area contributed by atoms with Crippen LogP contribution in [0.3, 0.4) is 0 Å². The third-order valence-corrected chi connectivity index (χ3v) is 14.1. The number of carbonyl (C=O) groups excluding carboxylic acids is 11. The van der Waals surface area contributed by atoms with Gasteiger partial charge >= 0.3 is 0 Å². The first-order valence-corrected chi connectivity index (χ1v) is 27.5. The maximum atomic E-state index is 14.8. The van der Waals surface area contributed by atoms with Crippen molar-refractivity contribution < 1.29 is 57.8 Å². The molecular formula is C56H77N15O12. The van der Waals surface area contributed by atoms with Gasteiger partial charge in [-0.3, -0.25) is 57.7 Å². The van der Waals surface area contributed by atoms with Crippen molar-refractivity contribution in [2.24, 2.45) is 33.7 Å². The van der Waals surface area contributed by atoms with E-state index < -0.39 is 133 Å². The molecule has 3 aromatic rings. The second-order valence-corrected chi connectivity index (χ2v) is 20.5. The van der Waals surface area contributed by atoms with E-state index in [1.165, 1.54) is 19.2 Å². The zero-order valence-corrected chi connectivity index (χ0v) is 46.4. The van der Waals surface area contributed by atoms with Crippen LogP contribution in [0.25, 0.3) is 0 Å². The molecule has 5 rings (SSSR count). The van der Waals surface area contributed by atoms with Gasteiger partial charge in [0.05, 0.1) is 19.0 Å². The molecule has 2 saturated heterocycles. The lowest BCUT2D eigenvalue weighted by Crippen LogP contribution is -2.60. The van der Waals surface area contributed by atoms with Crippen LogP contribution in [-0.2, 0) is 72.0 Å². The Balaban J connectivity index is 1.36. The standard InChI is InChI=1S/C56H77N15O12/c1-70-44(30-34-14-6-3-7-15-34)54(82)69-42(31-46(74)62-25-9-8-16-38(50(78)64-32-47(70)75)65-49(77)37(57)28-35-19-21-36(72)22-20-35)55(83)71-27-11-18-43(71)53(81)67-40(23-24-45(58)73)52(80)66-39(17-10-26-63-56(60)61)51(79)68-41(48(59)76)29-33-12-4-2-5-13-33/h2-7,12-15,19-22,37-44,72H,8-11,16-18,23-32,57H2,1H3,(H2,58,73)(H2,59,76)(H,62,74)(H,64,78)(H,65,77)(H,66,80)(H,67,81)(H,68,79)(H,69,82)(H4,60,61,63)/t37-,38-,39-,40-,41-,42+,43-,44-/m0/s1. The summed E-state index contributed by atoms with van der Waals surface area (Å²) in [6, 6.07) is 12.9. The van der Waals surface area contributed by atoms with Crippen molar-refractivity contribution >= 4 is 70.9 Å². The number of likely N-dealkylation sites (N-methyl/N-ethyl adjacent to an activating group) is 1. The van der Waals surface area contributed by atoms with Gasteiger partial charge in [-0.25, -0.2) is 0 Å². The van der Waals surface area contributed by atoms with Gasteiger partial charge in [0.1, 0.15) is 48.0 Å². The molecule has 0 saturated carbocycles. The Morgan fingerprint density at radius 3 is 1.98 bits per heavy atom. The van der Waals surface area contributed by atoms with E-state index in [0.29, 0.717) is 16.7 Å². The molecule has 448 valence electrons. The van der Waals surface area contributed by atoms with Crippen LogP contribution in [0.5, 0.6) is 5.75 Å². The number of phenols is 1. The third-order valence-electron chi connectivity index (χ3n) is 14.1.